The smallest absolute Gasteiger partial charge is 0.164 e. The van der Waals surface area contributed by atoms with E-state index in [9.17, 15) is 0 Å². The normalized spacial score (nSPS) is 11.1. The van der Waals surface area contributed by atoms with Crippen molar-refractivity contribution in [1.29, 1.82) is 0 Å². The minimum atomic E-state index is 0.695. The molecule has 0 aliphatic heterocycles. The first-order chi connectivity index (χ1) is 14.6. The molecule has 1 N–H and O–H groups in total. The Morgan fingerprint density at radius 3 is 2.17 bits per heavy atom. The molecule has 0 atom stereocenters. The molecule has 5 rings (SSSR count). The highest BCUT2D eigenvalue weighted by atomic mass is 79.9. The van der Waals surface area contributed by atoms with Crippen molar-refractivity contribution in [3.05, 3.63) is 94.4 Å². The van der Waals surface area contributed by atoms with Gasteiger partial charge in [0.2, 0.25) is 0 Å². The highest BCUT2D eigenvalue weighted by molar-refractivity contribution is 9.10. The van der Waals surface area contributed by atoms with Gasteiger partial charge in [0, 0.05) is 20.1 Å². The third-order valence-corrected chi connectivity index (χ3v) is 6.33. The summed E-state index contributed by atoms with van der Waals surface area (Å²) in [7, 11) is 0. The van der Waals surface area contributed by atoms with Crippen LogP contribution in [0.1, 0.15) is 0 Å². The molecule has 6 heteroatoms. The van der Waals surface area contributed by atoms with Gasteiger partial charge in [0.1, 0.15) is 5.03 Å². The van der Waals surface area contributed by atoms with Gasteiger partial charge >= 0.3 is 0 Å². The number of halogens is 2. The Labute approximate surface area is 191 Å². The molecule has 0 saturated heterocycles. The second-order valence-electron chi connectivity index (χ2n) is 6.76. The van der Waals surface area contributed by atoms with Crippen LogP contribution in [0.2, 0.25) is 5.02 Å². The van der Waals surface area contributed by atoms with Crippen LogP contribution < -0.4 is 5.32 Å². The molecule has 0 aliphatic rings. The Bertz CT molecular complexity index is 1370. The zero-order valence-electron chi connectivity index (χ0n) is 15.6. The van der Waals surface area contributed by atoms with E-state index in [-0.39, 0.29) is 0 Å². The highest BCUT2D eigenvalue weighted by Gasteiger charge is 2.12. The number of anilines is 2. The van der Waals surface area contributed by atoms with E-state index in [0.717, 1.165) is 41.9 Å². The van der Waals surface area contributed by atoms with Crippen molar-refractivity contribution in [3.63, 3.8) is 0 Å². The number of rotatable bonds is 4. The molecular weight excluding hydrogens is 478 g/mol. The van der Waals surface area contributed by atoms with E-state index < -0.39 is 0 Å². The number of hydrogen-bond acceptors (Lipinski definition) is 4. The molecule has 0 spiro atoms. The van der Waals surface area contributed by atoms with E-state index >= 15 is 0 Å². The van der Waals surface area contributed by atoms with E-state index in [1.54, 1.807) is 11.8 Å². The van der Waals surface area contributed by atoms with Crippen LogP contribution in [0.5, 0.6) is 0 Å². The van der Waals surface area contributed by atoms with Crippen molar-refractivity contribution in [1.82, 2.24) is 9.97 Å². The van der Waals surface area contributed by atoms with Gasteiger partial charge in [-0.05, 0) is 65.4 Å². The molecule has 0 amide bonds. The van der Waals surface area contributed by atoms with Crippen LogP contribution in [0, 0.1) is 0 Å². The standard InChI is InChI=1S/C24H15BrClN3S/c25-17-6-3-7-20(14-17)30-24-23(27-19-10-8-18(26)9-11-19)28-21-12-15-4-1-2-5-16(15)13-22(21)29-24/h1-14H,(H,27,28). The number of nitrogens with zero attached hydrogens (tertiary/aromatic N) is 2. The van der Waals surface area contributed by atoms with Crippen molar-refractivity contribution in [2.45, 2.75) is 9.92 Å². The van der Waals surface area contributed by atoms with Crippen LogP contribution in [-0.4, -0.2) is 9.97 Å². The van der Waals surface area contributed by atoms with Gasteiger partial charge in [0.15, 0.2) is 5.82 Å². The van der Waals surface area contributed by atoms with Gasteiger partial charge in [-0.25, -0.2) is 9.97 Å². The van der Waals surface area contributed by atoms with Gasteiger partial charge < -0.3 is 5.32 Å². The first-order valence-electron chi connectivity index (χ1n) is 9.31. The molecular formula is C24H15BrClN3S. The summed E-state index contributed by atoms with van der Waals surface area (Å²) in [4.78, 5) is 11.0. The lowest BCUT2D eigenvalue weighted by Crippen LogP contribution is -1.99. The van der Waals surface area contributed by atoms with Crippen LogP contribution in [0.15, 0.2) is 99.3 Å². The first-order valence-corrected chi connectivity index (χ1v) is 11.3. The quantitative estimate of drug-likeness (QED) is 0.257. The first kappa shape index (κ1) is 19.4. The number of aromatic nitrogens is 2. The Hall–Kier alpha value is -2.60. The molecule has 146 valence electrons. The van der Waals surface area contributed by atoms with E-state index in [1.807, 2.05) is 48.5 Å². The van der Waals surface area contributed by atoms with E-state index in [0.29, 0.717) is 10.8 Å². The lowest BCUT2D eigenvalue weighted by atomic mass is 10.1. The van der Waals surface area contributed by atoms with Crippen LogP contribution in [0.4, 0.5) is 11.5 Å². The van der Waals surface area contributed by atoms with Crippen molar-refractivity contribution in [3.8, 4) is 0 Å². The van der Waals surface area contributed by atoms with Crippen LogP contribution in [0.25, 0.3) is 21.8 Å². The minimum Gasteiger partial charge on any atom is -0.338 e. The van der Waals surface area contributed by atoms with Crippen LogP contribution >= 0.6 is 39.3 Å². The second kappa shape index (κ2) is 8.26. The molecule has 0 aliphatic carbocycles. The summed E-state index contributed by atoms with van der Waals surface area (Å²) in [5, 5.41) is 7.21. The summed E-state index contributed by atoms with van der Waals surface area (Å²) in [5.41, 5.74) is 2.63. The largest absolute Gasteiger partial charge is 0.338 e. The summed E-state index contributed by atoms with van der Waals surface area (Å²) < 4.78 is 1.03. The molecule has 0 unspecified atom stereocenters. The van der Waals surface area contributed by atoms with Gasteiger partial charge in [-0.1, -0.05) is 69.6 Å². The number of hydrogen-bond donors (Lipinski definition) is 1. The van der Waals surface area contributed by atoms with Crippen molar-refractivity contribution in [2.75, 3.05) is 5.32 Å². The van der Waals surface area contributed by atoms with Crippen molar-refractivity contribution in [2.24, 2.45) is 0 Å². The molecule has 0 radical (unpaired) electrons. The predicted molar refractivity (Wildman–Crippen MR) is 130 cm³/mol. The van der Waals surface area contributed by atoms with Crippen molar-refractivity contribution >= 4 is 72.6 Å². The predicted octanol–water partition coefficient (Wildman–Crippen LogP) is 8.09. The van der Waals surface area contributed by atoms with Gasteiger partial charge in [-0.15, -0.1) is 0 Å². The maximum absolute atomic E-state index is 6.04. The molecule has 1 aromatic heterocycles. The third-order valence-electron chi connectivity index (χ3n) is 4.62. The molecule has 4 aromatic carbocycles. The molecule has 0 bridgehead atoms. The summed E-state index contributed by atoms with van der Waals surface area (Å²) in [6, 6.07) is 28.2. The fourth-order valence-electron chi connectivity index (χ4n) is 3.19. The summed E-state index contributed by atoms with van der Waals surface area (Å²) in [6.07, 6.45) is 0. The molecule has 30 heavy (non-hydrogen) atoms. The molecule has 3 nitrogen and oxygen atoms in total. The third kappa shape index (κ3) is 4.15. The molecule has 5 aromatic rings. The summed E-state index contributed by atoms with van der Waals surface area (Å²) in [5.74, 6) is 0.713. The minimum absolute atomic E-state index is 0.695. The van der Waals surface area contributed by atoms with E-state index in [1.165, 1.54) is 0 Å². The Balaban J connectivity index is 1.64. The number of fused-ring (bicyclic) bond motifs is 2. The number of nitrogens with one attached hydrogen (secondary N) is 1. The van der Waals surface area contributed by atoms with Crippen LogP contribution in [-0.2, 0) is 0 Å². The van der Waals surface area contributed by atoms with Crippen molar-refractivity contribution < 1.29 is 0 Å². The van der Waals surface area contributed by atoms with Gasteiger partial charge in [-0.3, -0.25) is 0 Å². The van der Waals surface area contributed by atoms with E-state index in [2.05, 4.69) is 57.6 Å². The fourth-order valence-corrected chi connectivity index (χ4v) is 4.76. The number of benzene rings is 4. The fraction of sp³-hybridized carbons (Fsp3) is 0. The highest BCUT2D eigenvalue weighted by Crippen LogP contribution is 2.35. The lowest BCUT2D eigenvalue weighted by molar-refractivity contribution is 1.12. The summed E-state index contributed by atoms with van der Waals surface area (Å²) >= 11 is 11.2. The second-order valence-corrected chi connectivity index (χ2v) is 9.17. The average molecular weight is 493 g/mol. The Morgan fingerprint density at radius 1 is 0.767 bits per heavy atom. The van der Waals surface area contributed by atoms with Gasteiger partial charge in [0.05, 0.1) is 11.0 Å². The SMILES string of the molecule is Clc1ccc(Nc2nc3cc4ccccc4cc3nc2Sc2cccc(Br)c2)cc1. The maximum atomic E-state index is 6.04. The average Bonchev–Trinajstić information content (AvgIpc) is 2.74. The zero-order valence-corrected chi connectivity index (χ0v) is 18.8. The Kier molecular flexibility index (Phi) is 5.34. The monoisotopic (exact) mass is 491 g/mol. The zero-order chi connectivity index (χ0) is 20.5. The van der Waals surface area contributed by atoms with Gasteiger partial charge in [0.25, 0.3) is 0 Å². The molecule has 1 heterocycles. The maximum Gasteiger partial charge on any atom is 0.164 e. The topological polar surface area (TPSA) is 37.8 Å². The molecule has 0 saturated carbocycles. The lowest BCUT2D eigenvalue weighted by Gasteiger charge is -2.12. The summed E-state index contributed by atoms with van der Waals surface area (Å²) in [6.45, 7) is 0. The Morgan fingerprint density at radius 2 is 1.47 bits per heavy atom. The van der Waals surface area contributed by atoms with E-state index in [4.69, 9.17) is 21.6 Å². The van der Waals surface area contributed by atoms with Gasteiger partial charge in [-0.2, -0.15) is 0 Å². The van der Waals surface area contributed by atoms with Crippen LogP contribution in [0.3, 0.4) is 0 Å². The molecule has 0 fully saturated rings.